The van der Waals surface area contributed by atoms with Crippen LogP contribution in [0, 0.1) is 5.82 Å². The van der Waals surface area contributed by atoms with Gasteiger partial charge in [-0.25, -0.2) is 9.38 Å². The molecule has 0 fully saturated rings. The van der Waals surface area contributed by atoms with Crippen molar-refractivity contribution in [3.63, 3.8) is 0 Å². The summed E-state index contributed by atoms with van der Waals surface area (Å²) in [5.41, 5.74) is 6.30. The van der Waals surface area contributed by atoms with Gasteiger partial charge in [0.15, 0.2) is 4.80 Å². The van der Waals surface area contributed by atoms with Crippen LogP contribution in [0.3, 0.4) is 0 Å². The summed E-state index contributed by atoms with van der Waals surface area (Å²) in [6.45, 7) is 0. The van der Waals surface area contributed by atoms with E-state index in [2.05, 4.69) is 48.5 Å². The minimum Gasteiger partial charge on any atom is -0.272 e. The normalized spacial score (nSPS) is 16.5. The summed E-state index contributed by atoms with van der Waals surface area (Å²) in [4.78, 5) is 20.0. The third-order valence-corrected chi connectivity index (χ3v) is 9.13. The van der Waals surface area contributed by atoms with E-state index in [1.165, 1.54) is 29.0 Å². The molecule has 8 rings (SSSR count). The quantitative estimate of drug-likeness (QED) is 0.224. The van der Waals surface area contributed by atoms with E-state index in [0.29, 0.717) is 9.33 Å². The standard InChI is InChI=1S/C35H23FN2OS/c36-25-16-13-22(14-17-25)33-29-18-15-21-7-1-6-12-28(21)32(29)37-35-38(33)34(39)31(40-35)20-30-26-10-4-2-8-23(26)19-24-9-3-5-11-27(24)30/h1-14,16-17,19-20,33H,15,18H2/b31-20+/t33-/m1/s1. The monoisotopic (exact) mass is 538 g/mol. The lowest BCUT2D eigenvalue weighted by molar-refractivity contribution is 0.581. The minimum absolute atomic E-state index is 0.0690. The molecule has 1 aliphatic carbocycles. The van der Waals surface area contributed by atoms with E-state index in [1.54, 1.807) is 12.1 Å². The van der Waals surface area contributed by atoms with E-state index in [9.17, 15) is 9.18 Å². The average molecular weight is 539 g/mol. The van der Waals surface area contributed by atoms with Crippen molar-refractivity contribution >= 4 is 44.7 Å². The molecule has 0 amide bonds. The van der Waals surface area contributed by atoms with Crippen LogP contribution in [-0.4, -0.2) is 4.57 Å². The number of aryl methyl sites for hydroxylation is 1. The minimum atomic E-state index is -0.327. The third kappa shape index (κ3) is 3.55. The fraction of sp³-hybridized carbons (Fsp3) is 0.0857. The fourth-order valence-corrected chi connectivity index (χ4v) is 7.29. The Morgan fingerprint density at radius 3 is 2.25 bits per heavy atom. The summed E-state index contributed by atoms with van der Waals surface area (Å²) in [5.74, 6) is -0.290. The highest BCUT2D eigenvalue weighted by atomic mass is 32.1. The van der Waals surface area contributed by atoms with Crippen molar-refractivity contribution in [1.82, 2.24) is 4.57 Å². The maximum atomic E-state index is 14.2. The Labute approximate surface area is 233 Å². The largest absolute Gasteiger partial charge is 0.272 e. The molecule has 40 heavy (non-hydrogen) atoms. The van der Waals surface area contributed by atoms with Crippen molar-refractivity contribution in [2.75, 3.05) is 0 Å². The highest BCUT2D eigenvalue weighted by Crippen LogP contribution is 2.41. The maximum Gasteiger partial charge on any atom is 0.271 e. The second-order valence-corrected chi connectivity index (χ2v) is 11.4. The number of thiazole rings is 1. The van der Waals surface area contributed by atoms with Gasteiger partial charge < -0.3 is 0 Å². The molecule has 0 radical (unpaired) electrons. The lowest BCUT2D eigenvalue weighted by Gasteiger charge is -2.30. The van der Waals surface area contributed by atoms with Gasteiger partial charge >= 0.3 is 0 Å². The van der Waals surface area contributed by atoms with Gasteiger partial charge in [0.25, 0.3) is 5.56 Å². The van der Waals surface area contributed by atoms with Crippen LogP contribution in [0.25, 0.3) is 33.3 Å². The molecule has 5 aromatic carbocycles. The van der Waals surface area contributed by atoms with Crippen molar-refractivity contribution in [1.29, 1.82) is 0 Å². The van der Waals surface area contributed by atoms with Crippen LogP contribution in [0.5, 0.6) is 0 Å². The molecular formula is C35H23FN2OS. The topological polar surface area (TPSA) is 34.4 Å². The number of hydrogen-bond donors (Lipinski definition) is 0. The summed E-state index contributed by atoms with van der Waals surface area (Å²) in [6.07, 6.45) is 3.72. The molecule has 0 saturated carbocycles. The Hall–Kier alpha value is -4.61. The zero-order valence-electron chi connectivity index (χ0n) is 21.5. The molecule has 3 nitrogen and oxygen atoms in total. The number of benzene rings is 5. The Bertz CT molecular complexity index is 2150. The van der Waals surface area contributed by atoms with E-state index in [1.807, 2.05) is 41.0 Å². The van der Waals surface area contributed by atoms with Gasteiger partial charge in [0, 0.05) is 5.56 Å². The van der Waals surface area contributed by atoms with Gasteiger partial charge in [-0.3, -0.25) is 9.36 Å². The highest BCUT2D eigenvalue weighted by molar-refractivity contribution is 7.07. The smallest absolute Gasteiger partial charge is 0.271 e. The Morgan fingerprint density at radius 2 is 1.50 bits per heavy atom. The van der Waals surface area contributed by atoms with Gasteiger partial charge in [-0.05, 0) is 80.9 Å². The molecule has 1 aliphatic heterocycles. The number of halogens is 1. The van der Waals surface area contributed by atoms with Gasteiger partial charge in [0.05, 0.1) is 16.3 Å². The van der Waals surface area contributed by atoms with Crippen molar-refractivity contribution in [2.45, 2.75) is 18.9 Å². The maximum absolute atomic E-state index is 14.2. The molecule has 0 spiro atoms. The number of hydrogen-bond acceptors (Lipinski definition) is 3. The summed E-state index contributed by atoms with van der Waals surface area (Å²) >= 11 is 1.43. The summed E-state index contributed by atoms with van der Waals surface area (Å²) in [6, 6.07) is 33.4. The van der Waals surface area contributed by atoms with E-state index < -0.39 is 0 Å². The SMILES string of the molecule is O=c1/c(=C\c2c3ccccc3cc3ccccc23)sc2n1[C@H](c1ccc(F)cc1)C1=C(N=2)c2ccccc2CC1. The first-order valence-corrected chi connectivity index (χ1v) is 14.3. The van der Waals surface area contributed by atoms with Crippen LogP contribution >= 0.6 is 11.3 Å². The molecule has 0 N–H and O–H groups in total. The highest BCUT2D eigenvalue weighted by Gasteiger charge is 2.32. The van der Waals surface area contributed by atoms with Gasteiger partial charge in [-0.2, -0.15) is 0 Å². The van der Waals surface area contributed by atoms with Crippen LogP contribution in [0.4, 0.5) is 4.39 Å². The van der Waals surface area contributed by atoms with Crippen molar-refractivity contribution in [3.05, 3.63) is 156 Å². The number of rotatable bonds is 2. The zero-order valence-corrected chi connectivity index (χ0v) is 22.3. The molecule has 2 heterocycles. The van der Waals surface area contributed by atoms with Gasteiger partial charge in [0.2, 0.25) is 0 Å². The van der Waals surface area contributed by atoms with Gasteiger partial charge in [0.1, 0.15) is 5.82 Å². The first kappa shape index (κ1) is 23.3. The molecule has 1 atom stereocenters. The van der Waals surface area contributed by atoms with Crippen LogP contribution < -0.4 is 14.9 Å². The van der Waals surface area contributed by atoms with Crippen molar-refractivity contribution < 1.29 is 4.39 Å². The number of allylic oxidation sites excluding steroid dienone is 1. The summed E-state index contributed by atoms with van der Waals surface area (Å²) < 4.78 is 16.4. The van der Waals surface area contributed by atoms with Crippen LogP contribution in [0.1, 0.15) is 34.7 Å². The van der Waals surface area contributed by atoms with Crippen molar-refractivity contribution in [3.8, 4) is 0 Å². The molecular weight excluding hydrogens is 515 g/mol. The Morgan fingerprint density at radius 1 is 0.825 bits per heavy atom. The molecule has 0 unspecified atom stereocenters. The second-order valence-electron chi connectivity index (χ2n) is 10.4. The average Bonchev–Trinajstić information content (AvgIpc) is 3.30. The molecule has 0 bridgehead atoms. The zero-order chi connectivity index (χ0) is 26.8. The predicted molar refractivity (Wildman–Crippen MR) is 161 cm³/mol. The second kappa shape index (κ2) is 8.97. The van der Waals surface area contributed by atoms with E-state index >= 15 is 0 Å². The number of fused-ring (bicyclic) bond motifs is 5. The molecule has 6 aromatic rings. The Kier molecular flexibility index (Phi) is 5.22. The van der Waals surface area contributed by atoms with E-state index in [-0.39, 0.29) is 17.4 Å². The first-order chi connectivity index (χ1) is 19.7. The summed E-state index contributed by atoms with van der Waals surface area (Å²) in [7, 11) is 0. The molecule has 192 valence electrons. The predicted octanol–water partition coefficient (Wildman–Crippen LogP) is 6.76. The van der Waals surface area contributed by atoms with Gasteiger partial charge in [-0.1, -0.05) is 96.3 Å². The van der Waals surface area contributed by atoms with Crippen molar-refractivity contribution in [2.24, 2.45) is 4.99 Å². The molecule has 1 aromatic heterocycles. The lowest BCUT2D eigenvalue weighted by Crippen LogP contribution is -2.38. The van der Waals surface area contributed by atoms with Crippen LogP contribution in [0.2, 0.25) is 0 Å². The Balaban J connectivity index is 1.43. The third-order valence-electron chi connectivity index (χ3n) is 8.15. The lowest BCUT2D eigenvalue weighted by atomic mass is 9.83. The molecule has 0 saturated heterocycles. The molecule has 5 heteroatoms. The summed E-state index contributed by atoms with van der Waals surface area (Å²) in [5, 5.41) is 4.48. The molecule has 2 aliphatic rings. The van der Waals surface area contributed by atoms with Gasteiger partial charge in [-0.15, -0.1) is 0 Å². The van der Waals surface area contributed by atoms with Crippen LogP contribution in [-0.2, 0) is 6.42 Å². The first-order valence-electron chi connectivity index (χ1n) is 13.4. The number of aromatic nitrogens is 1. The van der Waals surface area contributed by atoms with Crippen LogP contribution in [0.15, 0.2) is 118 Å². The van der Waals surface area contributed by atoms with E-state index in [4.69, 9.17) is 4.99 Å². The fourth-order valence-electron chi connectivity index (χ4n) is 6.30. The van der Waals surface area contributed by atoms with E-state index in [0.717, 1.165) is 62.3 Å². The number of nitrogens with zero attached hydrogens (tertiary/aromatic N) is 2.